The minimum Gasteiger partial charge on any atom is -0.491 e. The van der Waals surface area contributed by atoms with Crippen molar-refractivity contribution in [3.8, 4) is 16.9 Å². The lowest BCUT2D eigenvalue weighted by atomic mass is 10.0. The van der Waals surface area contributed by atoms with Gasteiger partial charge in [0.15, 0.2) is 0 Å². The lowest BCUT2D eigenvalue weighted by molar-refractivity contribution is 0.263. The van der Waals surface area contributed by atoms with Crippen LogP contribution in [0.4, 0.5) is 0 Å². The second kappa shape index (κ2) is 6.10. The first kappa shape index (κ1) is 13.2. The molecule has 1 aliphatic rings. The summed E-state index contributed by atoms with van der Waals surface area (Å²) in [5.74, 6) is 0.911. The van der Waals surface area contributed by atoms with Crippen LogP contribution in [-0.4, -0.2) is 19.3 Å². The summed E-state index contributed by atoms with van der Waals surface area (Å²) in [7, 11) is 0. The molecular weight excluding hydrogens is 248 g/mol. The highest BCUT2D eigenvalue weighted by atomic mass is 16.6. The first-order valence-corrected chi connectivity index (χ1v) is 7.29. The molecule has 2 aromatic carbocycles. The average Bonchev–Trinajstić information content (AvgIpc) is 3.31. The Hall–Kier alpha value is -1.80. The Labute approximate surface area is 120 Å². The van der Waals surface area contributed by atoms with Gasteiger partial charge in [0.25, 0.3) is 0 Å². The molecule has 0 radical (unpaired) electrons. The van der Waals surface area contributed by atoms with Gasteiger partial charge in [0.1, 0.15) is 18.5 Å². The molecule has 1 atom stereocenters. The third kappa shape index (κ3) is 3.40. The fourth-order valence-electron chi connectivity index (χ4n) is 2.29. The van der Waals surface area contributed by atoms with Crippen molar-refractivity contribution in [3.63, 3.8) is 0 Å². The summed E-state index contributed by atoms with van der Waals surface area (Å²) < 4.78 is 10.8. The Morgan fingerprint density at radius 2 is 1.90 bits per heavy atom. The van der Waals surface area contributed by atoms with Crippen LogP contribution in [0.15, 0.2) is 48.5 Å². The van der Waals surface area contributed by atoms with E-state index in [0.29, 0.717) is 12.7 Å². The summed E-state index contributed by atoms with van der Waals surface area (Å²) in [5.41, 5.74) is 3.90. The third-order valence-corrected chi connectivity index (χ3v) is 3.49. The van der Waals surface area contributed by atoms with Gasteiger partial charge in [-0.15, -0.1) is 0 Å². The number of epoxide rings is 1. The largest absolute Gasteiger partial charge is 0.491 e. The molecule has 0 saturated carbocycles. The minimum atomic E-state index is 0.306. The minimum absolute atomic E-state index is 0.306. The zero-order chi connectivity index (χ0) is 13.8. The Morgan fingerprint density at radius 3 is 2.60 bits per heavy atom. The monoisotopic (exact) mass is 268 g/mol. The van der Waals surface area contributed by atoms with E-state index in [4.69, 9.17) is 9.47 Å². The van der Waals surface area contributed by atoms with Gasteiger partial charge in [-0.3, -0.25) is 0 Å². The van der Waals surface area contributed by atoms with Crippen LogP contribution in [0.5, 0.6) is 5.75 Å². The molecule has 0 bridgehead atoms. The maximum atomic E-state index is 5.66. The van der Waals surface area contributed by atoms with Crippen LogP contribution in [0.25, 0.3) is 11.1 Å². The van der Waals surface area contributed by atoms with Crippen molar-refractivity contribution in [2.45, 2.75) is 25.9 Å². The van der Waals surface area contributed by atoms with E-state index < -0.39 is 0 Å². The molecule has 0 spiro atoms. The van der Waals surface area contributed by atoms with Crippen molar-refractivity contribution < 1.29 is 9.47 Å². The highest BCUT2D eigenvalue weighted by molar-refractivity contribution is 5.64. The van der Waals surface area contributed by atoms with E-state index >= 15 is 0 Å². The molecule has 1 saturated heterocycles. The van der Waals surface area contributed by atoms with E-state index in [1.807, 2.05) is 12.1 Å². The maximum Gasteiger partial charge on any atom is 0.119 e. The first-order valence-electron chi connectivity index (χ1n) is 7.29. The molecule has 1 fully saturated rings. The molecule has 0 amide bonds. The summed E-state index contributed by atoms with van der Waals surface area (Å²) in [6, 6.07) is 17.1. The van der Waals surface area contributed by atoms with Crippen molar-refractivity contribution in [2.24, 2.45) is 0 Å². The molecule has 1 unspecified atom stereocenters. The molecule has 2 nitrogen and oxygen atoms in total. The summed E-state index contributed by atoms with van der Waals surface area (Å²) >= 11 is 0. The standard InChI is InChI=1S/C18H20O2/c1-2-4-14-5-3-6-16(11-14)15-7-9-17(10-8-15)19-12-18-13-20-18/h3,5-11,18H,2,4,12-13H2,1H3. The van der Waals surface area contributed by atoms with E-state index in [9.17, 15) is 0 Å². The second-order valence-electron chi connectivity index (χ2n) is 5.24. The van der Waals surface area contributed by atoms with Crippen LogP contribution >= 0.6 is 0 Å². The highest BCUT2D eigenvalue weighted by Crippen LogP contribution is 2.24. The zero-order valence-electron chi connectivity index (χ0n) is 11.8. The summed E-state index contributed by atoms with van der Waals surface area (Å²) in [6.45, 7) is 3.70. The Bertz CT molecular complexity index is 556. The molecular formula is C18H20O2. The Kier molecular flexibility index (Phi) is 4.03. The number of aryl methyl sites for hydroxylation is 1. The third-order valence-electron chi connectivity index (χ3n) is 3.49. The SMILES string of the molecule is CCCc1cccc(-c2ccc(OCC3CO3)cc2)c1. The summed E-state index contributed by atoms with van der Waals surface area (Å²) in [6.07, 6.45) is 2.62. The van der Waals surface area contributed by atoms with E-state index in [1.165, 1.54) is 23.1 Å². The van der Waals surface area contributed by atoms with Gasteiger partial charge < -0.3 is 9.47 Å². The lowest BCUT2D eigenvalue weighted by Crippen LogP contribution is -2.03. The van der Waals surface area contributed by atoms with Crippen molar-refractivity contribution in [1.29, 1.82) is 0 Å². The van der Waals surface area contributed by atoms with Crippen LogP contribution < -0.4 is 4.74 Å². The van der Waals surface area contributed by atoms with Crippen LogP contribution in [0, 0.1) is 0 Å². The molecule has 1 heterocycles. The molecule has 0 aliphatic carbocycles. The first-order chi connectivity index (χ1) is 9.85. The number of benzene rings is 2. The quantitative estimate of drug-likeness (QED) is 0.736. The number of ether oxygens (including phenoxy) is 2. The smallest absolute Gasteiger partial charge is 0.119 e. The molecule has 1 aliphatic heterocycles. The fourth-order valence-corrected chi connectivity index (χ4v) is 2.29. The molecule has 0 aromatic heterocycles. The summed E-state index contributed by atoms with van der Waals surface area (Å²) in [5, 5.41) is 0. The molecule has 3 rings (SSSR count). The molecule has 2 heteroatoms. The number of hydrogen-bond acceptors (Lipinski definition) is 2. The number of rotatable bonds is 6. The Morgan fingerprint density at radius 1 is 1.10 bits per heavy atom. The lowest BCUT2D eigenvalue weighted by Gasteiger charge is -2.07. The molecule has 0 N–H and O–H groups in total. The second-order valence-corrected chi connectivity index (χ2v) is 5.24. The van der Waals surface area contributed by atoms with Gasteiger partial charge in [0.2, 0.25) is 0 Å². The van der Waals surface area contributed by atoms with Crippen molar-refractivity contribution >= 4 is 0 Å². The average molecular weight is 268 g/mol. The highest BCUT2D eigenvalue weighted by Gasteiger charge is 2.22. The number of hydrogen-bond donors (Lipinski definition) is 0. The van der Waals surface area contributed by atoms with Gasteiger partial charge in [-0.25, -0.2) is 0 Å². The van der Waals surface area contributed by atoms with Crippen molar-refractivity contribution in [1.82, 2.24) is 0 Å². The molecule has 20 heavy (non-hydrogen) atoms. The van der Waals surface area contributed by atoms with E-state index in [-0.39, 0.29) is 0 Å². The maximum absolute atomic E-state index is 5.66. The fraction of sp³-hybridized carbons (Fsp3) is 0.333. The van der Waals surface area contributed by atoms with Gasteiger partial charge in [-0.2, -0.15) is 0 Å². The van der Waals surface area contributed by atoms with Crippen LogP contribution in [0.2, 0.25) is 0 Å². The van der Waals surface area contributed by atoms with Crippen molar-refractivity contribution in [3.05, 3.63) is 54.1 Å². The van der Waals surface area contributed by atoms with E-state index in [2.05, 4.69) is 43.3 Å². The predicted molar refractivity (Wildman–Crippen MR) is 81.1 cm³/mol. The van der Waals surface area contributed by atoms with E-state index in [0.717, 1.165) is 18.8 Å². The topological polar surface area (TPSA) is 21.8 Å². The van der Waals surface area contributed by atoms with Crippen LogP contribution in [0.1, 0.15) is 18.9 Å². The van der Waals surface area contributed by atoms with E-state index in [1.54, 1.807) is 0 Å². The van der Waals surface area contributed by atoms with Gasteiger partial charge in [-0.1, -0.05) is 49.7 Å². The summed E-state index contributed by atoms with van der Waals surface area (Å²) in [4.78, 5) is 0. The van der Waals surface area contributed by atoms with Crippen LogP contribution in [-0.2, 0) is 11.2 Å². The normalized spacial score (nSPS) is 16.9. The molecule has 104 valence electrons. The zero-order valence-corrected chi connectivity index (χ0v) is 11.8. The van der Waals surface area contributed by atoms with Gasteiger partial charge >= 0.3 is 0 Å². The van der Waals surface area contributed by atoms with Gasteiger partial charge in [0.05, 0.1) is 6.61 Å². The van der Waals surface area contributed by atoms with Crippen molar-refractivity contribution in [2.75, 3.05) is 13.2 Å². The predicted octanol–water partition coefficient (Wildman–Crippen LogP) is 4.08. The van der Waals surface area contributed by atoms with Gasteiger partial charge in [0, 0.05) is 0 Å². The van der Waals surface area contributed by atoms with Gasteiger partial charge in [-0.05, 0) is 35.2 Å². The Balaban J connectivity index is 1.70. The molecule has 2 aromatic rings. The van der Waals surface area contributed by atoms with Crippen LogP contribution in [0.3, 0.4) is 0 Å².